The third-order valence-corrected chi connectivity index (χ3v) is 2.85. The Morgan fingerprint density at radius 1 is 1.56 bits per heavy atom. The van der Waals surface area contributed by atoms with Crippen LogP contribution in [0.15, 0.2) is 0 Å². The van der Waals surface area contributed by atoms with Crippen LogP contribution in [0.1, 0.15) is 27.2 Å². The van der Waals surface area contributed by atoms with E-state index < -0.39 is 6.10 Å². The standard InChI is InChI=1S/C12H23NO3/c1-9(2)16-8-11(14)7-13-5-4-12(15)10(3)6-13/h9-11,14H,4-8H2,1-3H3. The molecule has 0 radical (unpaired) electrons. The molecular weight excluding hydrogens is 206 g/mol. The lowest BCUT2D eigenvalue weighted by molar-refractivity contribution is -0.126. The number of aliphatic hydroxyl groups excluding tert-OH is 1. The van der Waals surface area contributed by atoms with Crippen molar-refractivity contribution in [2.45, 2.75) is 39.4 Å². The average Bonchev–Trinajstić information content (AvgIpc) is 2.21. The molecule has 0 saturated carbocycles. The molecule has 0 spiro atoms. The van der Waals surface area contributed by atoms with Gasteiger partial charge in [0.1, 0.15) is 5.78 Å². The highest BCUT2D eigenvalue weighted by molar-refractivity contribution is 5.81. The number of Topliss-reactive ketones (excluding diaryl/α,β-unsaturated/α-hetero) is 1. The lowest BCUT2D eigenvalue weighted by atomic mass is 9.98. The van der Waals surface area contributed by atoms with Crippen molar-refractivity contribution in [3.63, 3.8) is 0 Å². The monoisotopic (exact) mass is 229 g/mol. The summed E-state index contributed by atoms with van der Waals surface area (Å²) in [5.41, 5.74) is 0. The van der Waals surface area contributed by atoms with Gasteiger partial charge in [-0.25, -0.2) is 0 Å². The summed E-state index contributed by atoms with van der Waals surface area (Å²) in [4.78, 5) is 13.5. The number of ether oxygens (including phenoxy) is 1. The summed E-state index contributed by atoms with van der Waals surface area (Å²) < 4.78 is 5.35. The van der Waals surface area contributed by atoms with E-state index in [-0.39, 0.29) is 12.0 Å². The Bertz CT molecular complexity index is 230. The highest BCUT2D eigenvalue weighted by Crippen LogP contribution is 2.12. The fourth-order valence-corrected chi connectivity index (χ4v) is 1.92. The molecule has 4 nitrogen and oxygen atoms in total. The topological polar surface area (TPSA) is 49.8 Å². The number of carbonyl (C=O) groups is 1. The van der Waals surface area contributed by atoms with Crippen LogP contribution in [-0.2, 0) is 9.53 Å². The molecule has 4 heteroatoms. The van der Waals surface area contributed by atoms with Gasteiger partial charge in [-0.3, -0.25) is 9.69 Å². The molecule has 0 aromatic carbocycles. The zero-order valence-corrected chi connectivity index (χ0v) is 10.5. The molecule has 0 amide bonds. The molecule has 1 N–H and O–H groups in total. The number of carbonyl (C=O) groups excluding carboxylic acids is 1. The van der Waals surface area contributed by atoms with Gasteiger partial charge in [-0.1, -0.05) is 6.92 Å². The first-order chi connectivity index (χ1) is 7.49. The molecule has 1 saturated heterocycles. The van der Waals surface area contributed by atoms with Crippen molar-refractivity contribution in [2.24, 2.45) is 5.92 Å². The summed E-state index contributed by atoms with van der Waals surface area (Å²) >= 11 is 0. The average molecular weight is 229 g/mol. The van der Waals surface area contributed by atoms with Gasteiger partial charge in [0.05, 0.1) is 18.8 Å². The molecule has 0 aliphatic carbocycles. The van der Waals surface area contributed by atoms with E-state index in [0.717, 1.165) is 13.1 Å². The van der Waals surface area contributed by atoms with E-state index in [4.69, 9.17) is 4.74 Å². The van der Waals surface area contributed by atoms with Gasteiger partial charge in [0, 0.05) is 32.0 Å². The maximum Gasteiger partial charge on any atom is 0.138 e. The highest BCUT2D eigenvalue weighted by atomic mass is 16.5. The fraction of sp³-hybridized carbons (Fsp3) is 0.917. The number of hydrogen-bond acceptors (Lipinski definition) is 4. The van der Waals surface area contributed by atoms with Crippen molar-refractivity contribution in [1.29, 1.82) is 0 Å². The minimum atomic E-state index is -0.456. The van der Waals surface area contributed by atoms with E-state index in [2.05, 4.69) is 4.90 Å². The Kier molecular flexibility index (Phi) is 5.38. The predicted molar refractivity (Wildman–Crippen MR) is 62.3 cm³/mol. The van der Waals surface area contributed by atoms with E-state index in [1.54, 1.807) is 0 Å². The Morgan fingerprint density at radius 3 is 2.81 bits per heavy atom. The summed E-state index contributed by atoms with van der Waals surface area (Å²) in [7, 11) is 0. The third-order valence-electron chi connectivity index (χ3n) is 2.85. The van der Waals surface area contributed by atoms with Crippen LogP contribution in [0.4, 0.5) is 0 Å². The molecule has 1 aliphatic heterocycles. The number of aliphatic hydroxyl groups is 1. The van der Waals surface area contributed by atoms with Gasteiger partial charge in [0.25, 0.3) is 0 Å². The maximum atomic E-state index is 11.3. The molecule has 2 atom stereocenters. The van der Waals surface area contributed by atoms with Crippen molar-refractivity contribution in [3.8, 4) is 0 Å². The third kappa shape index (κ3) is 4.60. The lowest BCUT2D eigenvalue weighted by Crippen LogP contribution is -2.44. The molecule has 2 unspecified atom stereocenters. The summed E-state index contributed by atoms with van der Waals surface area (Å²) in [5.74, 6) is 0.441. The molecule has 0 bridgehead atoms. The molecule has 0 aromatic heterocycles. The number of β-amino-alcohol motifs (C(OH)–C–C–N with tert-alkyl or cyclic N) is 1. The van der Waals surface area contributed by atoms with Crippen LogP contribution in [0, 0.1) is 5.92 Å². The number of likely N-dealkylation sites (tertiary alicyclic amines) is 1. The fourth-order valence-electron chi connectivity index (χ4n) is 1.92. The number of ketones is 1. The van der Waals surface area contributed by atoms with Gasteiger partial charge >= 0.3 is 0 Å². The zero-order chi connectivity index (χ0) is 12.1. The van der Waals surface area contributed by atoms with Crippen molar-refractivity contribution >= 4 is 5.78 Å². The van der Waals surface area contributed by atoms with Crippen LogP contribution in [-0.4, -0.2) is 54.2 Å². The lowest BCUT2D eigenvalue weighted by Gasteiger charge is -2.31. The maximum absolute atomic E-state index is 11.3. The van der Waals surface area contributed by atoms with Crippen LogP contribution in [0.5, 0.6) is 0 Å². The highest BCUT2D eigenvalue weighted by Gasteiger charge is 2.24. The Balaban J connectivity index is 2.23. The number of piperidine rings is 1. The largest absolute Gasteiger partial charge is 0.389 e. The van der Waals surface area contributed by atoms with Gasteiger partial charge in [-0.2, -0.15) is 0 Å². The second-order valence-electron chi connectivity index (χ2n) is 4.91. The van der Waals surface area contributed by atoms with Crippen LogP contribution >= 0.6 is 0 Å². The van der Waals surface area contributed by atoms with Gasteiger partial charge in [-0.05, 0) is 13.8 Å². The van der Waals surface area contributed by atoms with E-state index in [9.17, 15) is 9.90 Å². The molecule has 16 heavy (non-hydrogen) atoms. The molecule has 1 fully saturated rings. The van der Waals surface area contributed by atoms with E-state index in [1.807, 2.05) is 20.8 Å². The summed E-state index contributed by atoms with van der Waals surface area (Å²) in [6, 6.07) is 0. The van der Waals surface area contributed by atoms with E-state index >= 15 is 0 Å². The van der Waals surface area contributed by atoms with Gasteiger partial charge < -0.3 is 9.84 Å². The first kappa shape index (κ1) is 13.6. The van der Waals surface area contributed by atoms with Gasteiger partial charge in [0.2, 0.25) is 0 Å². The van der Waals surface area contributed by atoms with Gasteiger partial charge in [-0.15, -0.1) is 0 Å². The smallest absolute Gasteiger partial charge is 0.138 e. The van der Waals surface area contributed by atoms with E-state index in [0.29, 0.717) is 25.4 Å². The quantitative estimate of drug-likeness (QED) is 0.753. The SMILES string of the molecule is CC(C)OCC(O)CN1CCC(=O)C(C)C1. The normalized spacial score (nSPS) is 25.1. The van der Waals surface area contributed by atoms with E-state index in [1.165, 1.54) is 0 Å². The van der Waals surface area contributed by atoms with Crippen molar-refractivity contribution in [2.75, 3.05) is 26.2 Å². The zero-order valence-electron chi connectivity index (χ0n) is 10.5. The molecule has 1 rings (SSSR count). The van der Waals surface area contributed by atoms with Crippen LogP contribution in [0.2, 0.25) is 0 Å². The molecule has 0 aromatic rings. The van der Waals surface area contributed by atoms with Crippen molar-refractivity contribution in [1.82, 2.24) is 4.90 Å². The molecule has 94 valence electrons. The molecular formula is C12H23NO3. The Hall–Kier alpha value is -0.450. The minimum absolute atomic E-state index is 0.104. The number of hydrogen-bond donors (Lipinski definition) is 1. The molecule has 1 aliphatic rings. The number of rotatable bonds is 5. The summed E-state index contributed by atoms with van der Waals surface area (Å²) in [6.07, 6.45) is 0.304. The Labute approximate surface area is 97.6 Å². The first-order valence-electron chi connectivity index (χ1n) is 6.03. The second kappa shape index (κ2) is 6.33. The van der Waals surface area contributed by atoms with Gasteiger partial charge in [0.15, 0.2) is 0 Å². The summed E-state index contributed by atoms with van der Waals surface area (Å²) in [6.45, 7) is 8.36. The number of nitrogens with zero attached hydrogens (tertiary/aromatic N) is 1. The predicted octanol–water partition coefficient (Wildman–Crippen LogP) is 0.683. The van der Waals surface area contributed by atoms with Crippen LogP contribution in [0.25, 0.3) is 0 Å². The first-order valence-corrected chi connectivity index (χ1v) is 6.03. The second-order valence-corrected chi connectivity index (χ2v) is 4.91. The summed E-state index contributed by atoms with van der Waals surface area (Å²) in [5, 5.41) is 9.75. The molecule has 1 heterocycles. The van der Waals surface area contributed by atoms with Crippen molar-refractivity contribution < 1.29 is 14.6 Å². The van der Waals surface area contributed by atoms with Crippen LogP contribution < -0.4 is 0 Å². The Morgan fingerprint density at radius 2 is 2.25 bits per heavy atom. The van der Waals surface area contributed by atoms with Crippen LogP contribution in [0.3, 0.4) is 0 Å². The minimum Gasteiger partial charge on any atom is -0.389 e. The van der Waals surface area contributed by atoms with Crippen molar-refractivity contribution in [3.05, 3.63) is 0 Å².